The third-order valence-corrected chi connectivity index (χ3v) is 6.62. The Hall–Kier alpha value is -3.37. The second kappa shape index (κ2) is 10.5. The molecule has 33 heavy (non-hydrogen) atoms. The number of thioether (sulfide) groups is 1. The van der Waals surface area contributed by atoms with Crippen molar-refractivity contribution in [1.82, 2.24) is 19.7 Å². The molecule has 1 N–H and O–H groups in total. The van der Waals surface area contributed by atoms with Gasteiger partial charge in [-0.05, 0) is 30.7 Å². The Kier molecular flexibility index (Phi) is 7.26. The first-order valence-electron chi connectivity index (χ1n) is 10.2. The number of ether oxygens (including phenoxy) is 2. The van der Waals surface area contributed by atoms with Crippen molar-refractivity contribution in [2.45, 2.75) is 23.9 Å². The van der Waals surface area contributed by atoms with Gasteiger partial charge in [0.1, 0.15) is 0 Å². The second-order valence-electron chi connectivity index (χ2n) is 7.03. The highest BCUT2D eigenvalue weighted by Crippen LogP contribution is 2.34. The number of hydrogen-bond donors (Lipinski definition) is 1. The number of carbonyl (C=O) groups is 1. The molecule has 0 fully saturated rings. The lowest BCUT2D eigenvalue weighted by molar-refractivity contribution is -0.115. The van der Waals surface area contributed by atoms with Crippen molar-refractivity contribution < 1.29 is 14.3 Å². The van der Waals surface area contributed by atoms with Crippen LogP contribution in [0.15, 0.2) is 65.3 Å². The smallest absolute Gasteiger partial charge is 0.239 e. The molecule has 10 heteroatoms. The van der Waals surface area contributed by atoms with Crippen LogP contribution in [0.5, 0.6) is 11.5 Å². The minimum Gasteiger partial charge on any atom is -0.493 e. The molecule has 0 aliphatic carbocycles. The highest BCUT2D eigenvalue weighted by Gasteiger charge is 2.22. The van der Waals surface area contributed by atoms with Crippen molar-refractivity contribution >= 4 is 34.1 Å². The van der Waals surface area contributed by atoms with E-state index in [1.165, 1.54) is 23.1 Å². The van der Waals surface area contributed by atoms with E-state index in [9.17, 15) is 4.79 Å². The lowest BCUT2D eigenvalue weighted by atomic mass is 10.1. The van der Waals surface area contributed by atoms with E-state index in [-0.39, 0.29) is 5.91 Å². The highest BCUT2D eigenvalue weighted by molar-refractivity contribution is 8.00. The van der Waals surface area contributed by atoms with E-state index >= 15 is 0 Å². The molecule has 1 atom stereocenters. The molecule has 4 aromatic rings. The van der Waals surface area contributed by atoms with Gasteiger partial charge in [0, 0.05) is 17.1 Å². The molecule has 2 aromatic carbocycles. The minimum atomic E-state index is -0.397. The molecule has 0 saturated carbocycles. The molecule has 4 rings (SSSR count). The van der Waals surface area contributed by atoms with E-state index < -0.39 is 5.25 Å². The number of nitrogens with one attached hydrogen (secondary N) is 1. The molecule has 0 unspecified atom stereocenters. The number of thiazole rings is 1. The number of rotatable bonds is 9. The maximum Gasteiger partial charge on any atom is 0.239 e. The molecule has 0 spiro atoms. The Balaban J connectivity index is 1.66. The fourth-order valence-corrected chi connectivity index (χ4v) is 4.56. The average Bonchev–Trinajstić information content (AvgIpc) is 3.49. The van der Waals surface area contributed by atoms with E-state index in [0.717, 1.165) is 11.1 Å². The molecule has 0 radical (unpaired) electrons. The van der Waals surface area contributed by atoms with Crippen LogP contribution in [-0.2, 0) is 11.3 Å². The topological polar surface area (TPSA) is 91.2 Å². The van der Waals surface area contributed by atoms with E-state index in [0.29, 0.717) is 34.2 Å². The van der Waals surface area contributed by atoms with Gasteiger partial charge in [-0.1, -0.05) is 42.1 Å². The van der Waals surface area contributed by atoms with Gasteiger partial charge in [-0.15, -0.1) is 21.5 Å². The van der Waals surface area contributed by atoms with Gasteiger partial charge in [-0.25, -0.2) is 4.98 Å². The Morgan fingerprint density at radius 1 is 1.12 bits per heavy atom. The summed E-state index contributed by atoms with van der Waals surface area (Å²) in [6.07, 6.45) is 1.66. The lowest BCUT2D eigenvalue weighted by Crippen LogP contribution is -2.23. The van der Waals surface area contributed by atoms with Crippen LogP contribution in [0.4, 0.5) is 5.13 Å². The van der Waals surface area contributed by atoms with Gasteiger partial charge in [-0.2, -0.15) is 0 Å². The summed E-state index contributed by atoms with van der Waals surface area (Å²) in [7, 11) is 3.20. The zero-order chi connectivity index (χ0) is 23.2. The second-order valence-corrected chi connectivity index (χ2v) is 9.24. The zero-order valence-electron chi connectivity index (χ0n) is 18.4. The van der Waals surface area contributed by atoms with Gasteiger partial charge in [0.15, 0.2) is 27.6 Å². The number of carbonyl (C=O) groups excluding carboxylic acids is 1. The number of benzene rings is 2. The molecule has 2 aromatic heterocycles. The predicted octanol–water partition coefficient (Wildman–Crippen LogP) is 4.59. The largest absolute Gasteiger partial charge is 0.493 e. The molecule has 1 amide bonds. The summed E-state index contributed by atoms with van der Waals surface area (Å²) < 4.78 is 12.8. The number of methoxy groups -OCH3 is 2. The summed E-state index contributed by atoms with van der Waals surface area (Å²) in [5.41, 5.74) is 1.93. The maximum absolute atomic E-state index is 12.7. The predicted molar refractivity (Wildman–Crippen MR) is 130 cm³/mol. The Bertz CT molecular complexity index is 1210. The van der Waals surface area contributed by atoms with Crippen LogP contribution >= 0.6 is 23.1 Å². The van der Waals surface area contributed by atoms with Crippen molar-refractivity contribution in [3.63, 3.8) is 0 Å². The highest BCUT2D eigenvalue weighted by atomic mass is 32.2. The molecule has 0 bridgehead atoms. The van der Waals surface area contributed by atoms with Gasteiger partial charge in [0.05, 0.1) is 26.0 Å². The molecule has 8 nitrogen and oxygen atoms in total. The molecule has 2 heterocycles. The SMILES string of the molecule is COc1ccc(-c2nnc(S[C@H](C)C(=O)Nc3nccs3)n2Cc2ccccc2)cc1OC. The summed E-state index contributed by atoms with van der Waals surface area (Å²) in [6, 6.07) is 15.7. The summed E-state index contributed by atoms with van der Waals surface area (Å²) in [5.74, 6) is 1.78. The van der Waals surface area contributed by atoms with E-state index in [1.807, 2.05) is 65.4 Å². The molecule has 0 aliphatic heterocycles. The third kappa shape index (κ3) is 5.35. The van der Waals surface area contributed by atoms with Gasteiger partial charge in [-0.3, -0.25) is 9.36 Å². The fourth-order valence-electron chi connectivity index (χ4n) is 3.18. The van der Waals surface area contributed by atoms with Crippen LogP contribution < -0.4 is 14.8 Å². The Morgan fingerprint density at radius 3 is 2.61 bits per heavy atom. The van der Waals surface area contributed by atoms with Crippen LogP contribution in [0.1, 0.15) is 12.5 Å². The summed E-state index contributed by atoms with van der Waals surface area (Å²) >= 11 is 2.73. The van der Waals surface area contributed by atoms with Crippen LogP contribution in [0.2, 0.25) is 0 Å². The first-order valence-corrected chi connectivity index (χ1v) is 11.9. The van der Waals surface area contributed by atoms with E-state index in [2.05, 4.69) is 20.5 Å². The quantitative estimate of drug-likeness (QED) is 0.350. The number of anilines is 1. The third-order valence-electron chi connectivity index (χ3n) is 4.86. The van der Waals surface area contributed by atoms with Crippen molar-refractivity contribution in [3.05, 3.63) is 65.7 Å². The maximum atomic E-state index is 12.7. The van der Waals surface area contributed by atoms with E-state index in [4.69, 9.17) is 9.47 Å². The minimum absolute atomic E-state index is 0.142. The average molecular weight is 482 g/mol. The van der Waals surface area contributed by atoms with Crippen molar-refractivity contribution in [2.75, 3.05) is 19.5 Å². The molecular formula is C23H23N5O3S2. The van der Waals surface area contributed by atoms with Crippen LogP contribution in [0.3, 0.4) is 0 Å². The molecular weight excluding hydrogens is 458 g/mol. The van der Waals surface area contributed by atoms with Crippen LogP contribution in [0.25, 0.3) is 11.4 Å². The number of nitrogens with zero attached hydrogens (tertiary/aromatic N) is 4. The van der Waals surface area contributed by atoms with Crippen LogP contribution in [-0.4, -0.2) is 45.1 Å². The fraction of sp³-hybridized carbons (Fsp3) is 0.217. The first-order chi connectivity index (χ1) is 16.1. The molecule has 0 aliphatic rings. The van der Waals surface area contributed by atoms with E-state index in [1.54, 1.807) is 20.4 Å². The Labute approximate surface area is 200 Å². The first kappa shape index (κ1) is 22.8. The van der Waals surface area contributed by atoms with Crippen molar-refractivity contribution in [3.8, 4) is 22.9 Å². The summed E-state index contributed by atoms with van der Waals surface area (Å²) in [5, 5.41) is 14.3. The number of aromatic nitrogens is 4. The normalized spacial score (nSPS) is 11.7. The number of amides is 1. The van der Waals surface area contributed by atoms with Gasteiger partial charge in [0.25, 0.3) is 0 Å². The zero-order valence-corrected chi connectivity index (χ0v) is 20.0. The van der Waals surface area contributed by atoms with Gasteiger partial charge < -0.3 is 14.8 Å². The van der Waals surface area contributed by atoms with Gasteiger partial charge in [0.2, 0.25) is 5.91 Å². The van der Waals surface area contributed by atoms with Crippen molar-refractivity contribution in [1.29, 1.82) is 0 Å². The van der Waals surface area contributed by atoms with Crippen LogP contribution in [0, 0.1) is 0 Å². The van der Waals surface area contributed by atoms with Crippen molar-refractivity contribution in [2.24, 2.45) is 0 Å². The van der Waals surface area contributed by atoms with Gasteiger partial charge >= 0.3 is 0 Å². The monoisotopic (exact) mass is 481 g/mol. The summed E-state index contributed by atoms with van der Waals surface area (Å²) in [6.45, 7) is 2.39. The summed E-state index contributed by atoms with van der Waals surface area (Å²) in [4.78, 5) is 16.8. The lowest BCUT2D eigenvalue weighted by Gasteiger charge is -2.14. The molecule has 0 saturated heterocycles. The molecule has 170 valence electrons. The number of hydrogen-bond acceptors (Lipinski definition) is 8. The Morgan fingerprint density at radius 2 is 1.91 bits per heavy atom. The standard InChI is InChI=1S/C23H23N5O3S2/c1-15(21(29)25-22-24-11-12-32-22)33-23-27-26-20(28(23)14-16-7-5-4-6-8-16)17-9-10-18(30-2)19(13-17)31-3/h4-13,15H,14H2,1-3H3,(H,24,25,29)/t15-/m1/s1.